The maximum Gasteiger partial charge on any atom is 0.338 e. The van der Waals surface area contributed by atoms with Gasteiger partial charge in [0.1, 0.15) is 14.2 Å². The van der Waals surface area contributed by atoms with Gasteiger partial charge in [0.2, 0.25) is 0 Å². The molecule has 2 aromatic carbocycles. The number of carbonyl (C=O) groups excluding carboxylic acids is 2. The van der Waals surface area contributed by atoms with E-state index in [4.69, 9.17) is 6.11 Å². The summed E-state index contributed by atoms with van der Waals surface area (Å²) in [7, 11) is 0. The highest BCUT2D eigenvalue weighted by atomic mass is 16.5. The van der Waals surface area contributed by atoms with Crippen molar-refractivity contribution in [1.29, 1.82) is 0 Å². The van der Waals surface area contributed by atoms with E-state index in [2.05, 4.69) is 0 Å². The smallest absolute Gasteiger partial charge is 0.338 e. The van der Waals surface area contributed by atoms with Crippen molar-refractivity contribution in [3.05, 3.63) is 71.3 Å². The lowest BCUT2D eigenvalue weighted by Crippen LogP contribution is -2.05. The van der Waals surface area contributed by atoms with Crippen molar-refractivity contribution >= 4 is 12.2 Å². The number of ether oxygens (including phenoxy) is 1. The zero-order chi connectivity index (χ0) is 15.9. The Kier molecular flexibility index (Phi) is 4.77. The van der Waals surface area contributed by atoms with Gasteiger partial charge < -0.3 is 9.53 Å². The second-order valence-corrected chi connectivity index (χ2v) is 4.76. The average Bonchev–Trinajstić information content (AvgIpc) is 2.55. The number of benzene rings is 2. The average molecular weight is 284 g/mol. The molecule has 0 radical (unpaired) electrons. The van der Waals surface area contributed by atoms with Crippen molar-refractivity contribution in [3.8, 4) is 0 Å². The van der Waals surface area contributed by atoms with Crippen molar-refractivity contribution in [2.75, 3.05) is 0 Å². The molecule has 1 atom stereocenters. The van der Waals surface area contributed by atoms with E-state index in [1.807, 2.05) is 37.3 Å². The summed E-state index contributed by atoms with van der Waals surface area (Å²) in [6.45, 7) is 2.06. The van der Waals surface area contributed by atoms with Crippen LogP contribution in [0.5, 0.6) is 0 Å². The monoisotopic (exact) mass is 284 g/mol. The second kappa shape index (κ2) is 7.39. The quantitative estimate of drug-likeness (QED) is 0.599. The predicted octanol–water partition coefficient (Wildman–Crippen LogP) is 3.74. The van der Waals surface area contributed by atoms with Crippen LogP contribution >= 0.6 is 0 Å². The molecular formula is C18H18O3. The first-order valence-electron chi connectivity index (χ1n) is 7.43. The maximum absolute atomic E-state index is 11.8. The molecule has 3 nitrogen and oxygen atoms in total. The Balaban J connectivity index is 1.97. The van der Waals surface area contributed by atoms with E-state index >= 15 is 0 Å². The summed E-state index contributed by atoms with van der Waals surface area (Å²) in [4.78, 5) is 23.1. The SMILES string of the molecule is [3H]C(=O)[C@H](CC)c1ccc(COC(=O)c2ccccc2)cc1. The van der Waals surface area contributed by atoms with Crippen LogP contribution in [0.1, 0.15) is 42.1 Å². The van der Waals surface area contributed by atoms with Gasteiger partial charge in [-0.1, -0.05) is 49.4 Å². The minimum absolute atomic E-state index is 0.180. The molecule has 0 fully saturated rings. The van der Waals surface area contributed by atoms with E-state index in [1.165, 1.54) is 0 Å². The summed E-state index contributed by atoms with van der Waals surface area (Å²) < 4.78 is 12.5. The topological polar surface area (TPSA) is 43.4 Å². The van der Waals surface area contributed by atoms with Crippen LogP contribution in [0.15, 0.2) is 54.6 Å². The van der Waals surface area contributed by atoms with Crippen LogP contribution in [0.25, 0.3) is 0 Å². The van der Waals surface area contributed by atoms with Crippen molar-refractivity contribution in [3.63, 3.8) is 0 Å². The Hall–Kier alpha value is -2.42. The summed E-state index contributed by atoms with van der Waals surface area (Å²) in [6, 6.07) is 16.1. The Bertz CT molecular complexity index is 635. The van der Waals surface area contributed by atoms with Crippen molar-refractivity contribution in [2.45, 2.75) is 25.9 Å². The minimum atomic E-state index is -0.578. The van der Waals surface area contributed by atoms with Gasteiger partial charge in [-0.05, 0) is 29.7 Å². The molecular weight excluding hydrogens is 264 g/mol. The molecule has 21 heavy (non-hydrogen) atoms. The summed E-state index contributed by atoms with van der Waals surface area (Å²) in [5.41, 5.74) is 2.19. The lowest BCUT2D eigenvalue weighted by Gasteiger charge is -2.09. The van der Waals surface area contributed by atoms with E-state index in [0.717, 1.165) is 11.1 Å². The molecule has 0 saturated heterocycles. The number of carbonyl (C=O) groups is 2. The third-order valence-corrected chi connectivity index (χ3v) is 3.31. The molecule has 0 aliphatic rings. The van der Waals surface area contributed by atoms with Crippen LogP contribution in [-0.4, -0.2) is 12.2 Å². The Morgan fingerprint density at radius 1 is 1.19 bits per heavy atom. The first kappa shape index (κ1) is 13.6. The normalized spacial score (nSPS) is 12.3. The molecule has 0 bridgehead atoms. The predicted molar refractivity (Wildman–Crippen MR) is 81.1 cm³/mol. The molecule has 0 N–H and O–H groups in total. The van der Waals surface area contributed by atoms with E-state index in [1.54, 1.807) is 24.3 Å². The van der Waals surface area contributed by atoms with Crippen LogP contribution in [0, 0.1) is 0 Å². The largest absolute Gasteiger partial charge is 0.457 e. The molecule has 108 valence electrons. The fourth-order valence-corrected chi connectivity index (χ4v) is 2.04. The second-order valence-electron chi connectivity index (χ2n) is 4.76. The maximum atomic E-state index is 11.8. The van der Waals surface area contributed by atoms with Gasteiger partial charge in [-0.3, -0.25) is 0 Å². The van der Waals surface area contributed by atoms with Gasteiger partial charge >= 0.3 is 5.97 Å². The van der Waals surface area contributed by atoms with Crippen LogP contribution < -0.4 is 0 Å². The van der Waals surface area contributed by atoms with E-state index in [9.17, 15) is 9.59 Å². The highest BCUT2D eigenvalue weighted by molar-refractivity contribution is 5.89. The van der Waals surface area contributed by atoms with Gasteiger partial charge in [0.15, 0.2) is 0 Å². The van der Waals surface area contributed by atoms with E-state index in [-0.39, 0.29) is 18.5 Å². The highest BCUT2D eigenvalue weighted by Crippen LogP contribution is 2.18. The van der Waals surface area contributed by atoms with Gasteiger partial charge in [-0.2, -0.15) is 0 Å². The Morgan fingerprint density at radius 2 is 1.86 bits per heavy atom. The summed E-state index contributed by atoms with van der Waals surface area (Å²) in [5, 5.41) is 0. The van der Waals surface area contributed by atoms with Gasteiger partial charge in [0.05, 0.1) is 5.56 Å². The van der Waals surface area contributed by atoms with Crippen molar-refractivity contribution in [1.82, 2.24) is 0 Å². The van der Waals surface area contributed by atoms with E-state index in [0.29, 0.717) is 12.0 Å². The van der Waals surface area contributed by atoms with Gasteiger partial charge in [0.25, 0.3) is 0 Å². The van der Waals surface area contributed by atoms with Crippen LogP contribution in [0.2, 0.25) is 0 Å². The number of rotatable bonds is 6. The molecule has 0 aliphatic carbocycles. The zero-order valence-electron chi connectivity index (χ0n) is 12.9. The Morgan fingerprint density at radius 3 is 2.43 bits per heavy atom. The Labute approximate surface area is 126 Å². The number of esters is 1. The molecule has 0 heterocycles. The summed E-state index contributed by atoms with van der Waals surface area (Å²) >= 11 is 0. The first-order valence-corrected chi connectivity index (χ1v) is 6.93. The molecule has 0 amide bonds. The third kappa shape index (κ3) is 4.02. The van der Waals surface area contributed by atoms with Gasteiger partial charge in [-0.15, -0.1) is 0 Å². The van der Waals surface area contributed by atoms with Crippen LogP contribution in [0.3, 0.4) is 0 Å². The summed E-state index contributed by atoms with van der Waals surface area (Å²) in [5.74, 6) is -0.752. The van der Waals surface area contributed by atoms with Crippen LogP contribution in [-0.2, 0) is 16.1 Å². The third-order valence-electron chi connectivity index (χ3n) is 3.31. The highest BCUT2D eigenvalue weighted by Gasteiger charge is 2.09. The number of hydrogen-bond donors (Lipinski definition) is 0. The number of aldehydes is 1. The standard InChI is InChI=1S/C18H18O3/c1-2-15(12-19)16-10-8-14(9-11-16)13-21-18(20)17-6-4-3-5-7-17/h3-12,15H,2,13H2,1H3/t15-/m0/s1/i12T. The minimum Gasteiger partial charge on any atom is -0.457 e. The van der Waals surface area contributed by atoms with Crippen molar-refractivity contribution in [2.24, 2.45) is 0 Å². The fraction of sp³-hybridized carbons (Fsp3) is 0.222. The van der Waals surface area contributed by atoms with Gasteiger partial charge in [0, 0.05) is 5.92 Å². The molecule has 3 heteroatoms. The molecule has 0 spiro atoms. The summed E-state index contributed by atoms with van der Waals surface area (Å²) in [6.07, 6.45) is 0.0239. The van der Waals surface area contributed by atoms with E-state index < -0.39 is 6.26 Å². The molecule has 0 saturated carbocycles. The molecule has 0 aromatic heterocycles. The number of hydrogen-bond acceptors (Lipinski definition) is 3. The van der Waals surface area contributed by atoms with Crippen molar-refractivity contribution < 1.29 is 15.7 Å². The zero-order valence-corrected chi connectivity index (χ0v) is 11.9. The molecule has 2 aromatic rings. The fourth-order valence-electron chi connectivity index (χ4n) is 2.04. The van der Waals surface area contributed by atoms with Gasteiger partial charge in [-0.25, -0.2) is 4.79 Å². The first-order chi connectivity index (χ1) is 10.6. The van der Waals surface area contributed by atoms with Crippen LogP contribution in [0.4, 0.5) is 0 Å². The molecule has 0 unspecified atom stereocenters. The lowest BCUT2D eigenvalue weighted by molar-refractivity contribution is -0.109. The lowest BCUT2D eigenvalue weighted by atomic mass is 9.97. The molecule has 0 aliphatic heterocycles. The molecule has 2 rings (SSSR count).